The lowest BCUT2D eigenvalue weighted by Gasteiger charge is -2.38. The number of amides is 1. The molecule has 1 heterocycles. The number of primary amides is 1. The fourth-order valence-corrected chi connectivity index (χ4v) is 2.59. The lowest BCUT2D eigenvalue weighted by Crippen LogP contribution is -2.53. The highest BCUT2D eigenvalue weighted by Gasteiger charge is 2.26. The molecule has 132 valence electrons. The van der Waals surface area contributed by atoms with Crippen LogP contribution in [0.3, 0.4) is 0 Å². The molecule has 1 amide bonds. The molecule has 0 saturated carbocycles. The lowest BCUT2D eigenvalue weighted by atomic mass is 9.93. The van der Waals surface area contributed by atoms with Crippen LogP contribution in [0.1, 0.15) is 20.8 Å². The SMILES string of the molecule is CCNC(=NCC(C)(C)C(N)=O)N1CCN(c2ccccc2)CC1. The van der Waals surface area contributed by atoms with E-state index >= 15 is 0 Å². The van der Waals surface area contributed by atoms with Crippen LogP contribution in [0.2, 0.25) is 0 Å². The van der Waals surface area contributed by atoms with Gasteiger partial charge in [0.1, 0.15) is 0 Å². The van der Waals surface area contributed by atoms with Crippen molar-refractivity contribution in [2.75, 3.05) is 44.2 Å². The number of carbonyl (C=O) groups excluding carboxylic acids is 1. The third-order valence-electron chi connectivity index (χ3n) is 4.33. The highest BCUT2D eigenvalue weighted by Crippen LogP contribution is 2.17. The van der Waals surface area contributed by atoms with Crippen molar-refractivity contribution in [2.24, 2.45) is 16.1 Å². The Bertz CT molecular complexity index is 562. The fourth-order valence-electron chi connectivity index (χ4n) is 2.59. The van der Waals surface area contributed by atoms with Crippen LogP contribution in [0.25, 0.3) is 0 Å². The number of hydrogen-bond donors (Lipinski definition) is 2. The number of hydrogen-bond acceptors (Lipinski definition) is 3. The molecule has 1 aliphatic rings. The minimum atomic E-state index is -0.632. The van der Waals surface area contributed by atoms with Crippen LogP contribution in [0, 0.1) is 5.41 Å². The number of nitrogens with two attached hydrogens (primary N) is 1. The van der Waals surface area contributed by atoms with Crippen LogP contribution >= 0.6 is 0 Å². The van der Waals surface area contributed by atoms with Gasteiger partial charge in [0.15, 0.2) is 5.96 Å². The number of nitrogens with zero attached hydrogens (tertiary/aromatic N) is 3. The monoisotopic (exact) mass is 331 g/mol. The van der Waals surface area contributed by atoms with Gasteiger partial charge in [0.25, 0.3) is 0 Å². The molecule has 1 fully saturated rings. The Balaban J connectivity index is 1.99. The molecule has 1 aliphatic heterocycles. The normalized spacial score (nSPS) is 16.2. The van der Waals surface area contributed by atoms with E-state index < -0.39 is 5.41 Å². The first-order chi connectivity index (χ1) is 11.4. The second kappa shape index (κ2) is 8.04. The summed E-state index contributed by atoms with van der Waals surface area (Å²) in [6, 6.07) is 10.5. The molecule has 0 atom stereocenters. The lowest BCUT2D eigenvalue weighted by molar-refractivity contribution is -0.125. The smallest absolute Gasteiger partial charge is 0.224 e. The first-order valence-electron chi connectivity index (χ1n) is 8.57. The maximum absolute atomic E-state index is 11.5. The van der Waals surface area contributed by atoms with Gasteiger partial charge in [-0.15, -0.1) is 0 Å². The molecule has 0 unspecified atom stereocenters. The molecule has 0 bridgehead atoms. The number of piperazine rings is 1. The number of carbonyl (C=O) groups is 1. The van der Waals surface area contributed by atoms with E-state index in [0.29, 0.717) is 6.54 Å². The molecule has 3 N–H and O–H groups in total. The van der Waals surface area contributed by atoms with E-state index in [0.717, 1.165) is 38.7 Å². The quantitative estimate of drug-likeness (QED) is 0.630. The molecule has 1 aromatic rings. The van der Waals surface area contributed by atoms with Crippen molar-refractivity contribution in [3.8, 4) is 0 Å². The number of anilines is 1. The van der Waals surface area contributed by atoms with Crippen LogP contribution in [0.4, 0.5) is 5.69 Å². The average Bonchev–Trinajstić information content (AvgIpc) is 2.59. The van der Waals surface area contributed by atoms with E-state index in [9.17, 15) is 4.79 Å². The summed E-state index contributed by atoms with van der Waals surface area (Å²) in [5.74, 6) is 0.538. The Kier molecular flexibility index (Phi) is 6.06. The van der Waals surface area contributed by atoms with E-state index in [4.69, 9.17) is 5.73 Å². The minimum absolute atomic E-state index is 0.323. The van der Waals surface area contributed by atoms with Crippen LogP contribution in [-0.2, 0) is 4.79 Å². The number of rotatable bonds is 5. The summed E-state index contributed by atoms with van der Waals surface area (Å²) in [5.41, 5.74) is 6.07. The third kappa shape index (κ3) is 4.63. The second-order valence-corrected chi connectivity index (χ2v) is 6.73. The van der Waals surface area contributed by atoms with Gasteiger partial charge in [-0.3, -0.25) is 9.79 Å². The van der Waals surface area contributed by atoms with Crippen molar-refractivity contribution in [1.29, 1.82) is 0 Å². The van der Waals surface area contributed by atoms with E-state index in [-0.39, 0.29) is 5.91 Å². The van der Waals surface area contributed by atoms with Crippen LogP contribution < -0.4 is 16.0 Å². The molecule has 0 radical (unpaired) electrons. The summed E-state index contributed by atoms with van der Waals surface area (Å²) in [7, 11) is 0. The first-order valence-corrected chi connectivity index (χ1v) is 8.57. The topological polar surface area (TPSA) is 74.0 Å². The Labute approximate surface area is 144 Å². The van der Waals surface area contributed by atoms with Gasteiger partial charge in [-0.1, -0.05) is 18.2 Å². The zero-order chi connectivity index (χ0) is 17.6. The third-order valence-corrected chi connectivity index (χ3v) is 4.33. The van der Waals surface area contributed by atoms with E-state index in [1.807, 2.05) is 19.9 Å². The standard InChI is InChI=1S/C18H29N5O/c1-4-20-17(21-14-18(2,3)16(19)24)23-12-10-22(11-13-23)15-8-6-5-7-9-15/h5-9H,4,10-14H2,1-3H3,(H2,19,24)(H,20,21). The van der Waals surface area contributed by atoms with Crippen molar-refractivity contribution in [3.63, 3.8) is 0 Å². The average molecular weight is 331 g/mol. The Morgan fingerprint density at radius 1 is 1.21 bits per heavy atom. The van der Waals surface area contributed by atoms with Crippen molar-refractivity contribution in [1.82, 2.24) is 10.2 Å². The number of benzene rings is 1. The van der Waals surface area contributed by atoms with E-state index in [1.165, 1.54) is 5.69 Å². The summed E-state index contributed by atoms with van der Waals surface area (Å²) in [4.78, 5) is 20.8. The summed E-state index contributed by atoms with van der Waals surface area (Å²) in [6.07, 6.45) is 0. The van der Waals surface area contributed by atoms with Crippen LogP contribution in [0.15, 0.2) is 35.3 Å². The van der Waals surface area contributed by atoms with Gasteiger partial charge >= 0.3 is 0 Å². The molecule has 0 aromatic heterocycles. The number of guanidine groups is 1. The zero-order valence-corrected chi connectivity index (χ0v) is 15.0. The minimum Gasteiger partial charge on any atom is -0.369 e. The molecule has 1 saturated heterocycles. The van der Waals surface area contributed by atoms with Gasteiger partial charge in [0.2, 0.25) is 5.91 Å². The Morgan fingerprint density at radius 3 is 2.38 bits per heavy atom. The van der Waals surface area contributed by atoms with Crippen LogP contribution in [-0.4, -0.2) is 56.0 Å². The molecule has 1 aromatic carbocycles. The van der Waals surface area contributed by atoms with Gasteiger partial charge in [0.05, 0.1) is 12.0 Å². The number of para-hydroxylation sites is 1. The summed E-state index contributed by atoms with van der Waals surface area (Å²) >= 11 is 0. The second-order valence-electron chi connectivity index (χ2n) is 6.73. The molecular weight excluding hydrogens is 302 g/mol. The predicted octanol–water partition coefficient (Wildman–Crippen LogP) is 1.29. The maximum atomic E-state index is 11.5. The van der Waals surface area contributed by atoms with Crippen molar-refractivity contribution in [3.05, 3.63) is 30.3 Å². The molecule has 0 aliphatic carbocycles. The van der Waals surface area contributed by atoms with E-state index in [2.05, 4.69) is 51.3 Å². The zero-order valence-electron chi connectivity index (χ0n) is 15.0. The predicted molar refractivity (Wildman–Crippen MR) is 99.2 cm³/mol. The van der Waals surface area contributed by atoms with Gasteiger partial charge < -0.3 is 20.9 Å². The number of nitrogens with one attached hydrogen (secondary N) is 1. The molecular formula is C18H29N5O. The molecule has 6 nitrogen and oxygen atoms in total. The van der Waals surface area contributed by atoms with Gasteiger partial charge in [-0.05, 0) is 32.9 Å². The summed E-state index contributed by atoms with van der Waals surface area (Å²) < 4.78 is 0. The van der Waals surface area contributed by atoms with Gasteiger partial charge in [0, 0.05) is 38.4 Å². The molecule has 24 heavy (non-hydrogen) atoms. The summed E-state index contributed by atoms with van der Waals surface area (Å²) in [6.45, 7) is 10.6. The van der Waals surface area contributed by atoms with Crippen LogP contribution in [0.5, 0.6) is 0 Å². The van der Waals surface area contributed by atoms with Gasteiger partial charge in [-0.2, -0.15) is 0 Å². The van der Waals surface area contributed by atoms with Crippen molar-refractivity contribution < 1.29 is 4.79 Å². The van der Waals surface area contributed by atoms with E-state index in [1.54, 1.807) is 0 Å². The summed E-state index contributed by atoms with van der Waals surface area (Å²) in [5, 5.41) is 3.32. The van der Waals surface area contributed by atoms with Gasteiger partial charge in [-0.25, -0.2) is 0 Å². The number of aliphatic imine (C=N–C) groups is 1. The fraction of sp³-hybridized carbons (Fsp3) is 0.556. The van der Waals surface area contributed by atoms with Crippen molar-refractivity contribution in [2.45, 2.75) is 20.8 Å². The highest BCUT2D eigenvalue weighted by atomic mass is 16.1. The molecule has 2 rings (SSSR count). The highest BCUT2D eigenvalue weighted by molar-refractivity contribution is 5.83. The Hall–Kier alpha value is -2.24. The molecule has 6 heteroatoms. The maximum Gasteiger partial charge on any atom is 0.224 e. The Morgan fingerprint density at radius 2 is 1.83 bits per heavy atom. The largest absolute Gasteiger partial charge is 0.369 e. The molecule has 0 spiro atoms. The first kappa shape index (κ1) is 18.1. The van der Waals surface area contributed by atoms with Crippen molar-refractivity contribution >= 4 is 17.6 Å².